The molecule has 3 nitrogen and oxygen atoms in total. The molecule has 1 aliphatic rings. The van der Waals surface area contributed by atoms with E-state index in [1.54, 1.807) is 0 Å². The van der Waals surface area contributed by atoms with Crippen molar-refractivity contribution in [1.29, 1.82) is 0 Å². The Balaban J connectivity index is 2.19. The molecule has 104 valence electrons. The largest absolute Gasteiger partial charge is 0.338 e. The molecule has 1 unspecified atom stereocenters. The first-order valence-electron chi connectivity index (χ1n) is 7.16. The number of anilines is 2. The molecule has 3 rings (SSSR count). The van der Waals surface area contributed by atoms with Crippen LogP contribution in [0.25, 0.3) is 0 Å². The van der Waals surface area contributed by atoms with Crippen LogP contribution in [0, 0.1) is 13.8 Å². The average Bonchev–Trinajstić information content (AvgIpc) is 2.73. The summed E-state index contributed by atoms with van der Waals surface area (Å²) in [5.41, 5.74) is 13.1. The van der Waals surface area contributed by atoms with E-state index in [-0.39, 0.29) is 0 Å². The number of aromatic nitrogens is 1. The number of benzene rings is 1. The van der Waals surface area contributed by atoms with Gasteiger partial charge in [0, 0.05) is 40.9 Å². The smallest absolute Gasteiger partial charge is 0.0495 e. The quantitative estimate of drug-likeness (QED) is 0.908. The lowest BCUT2D eigenvalue weighted by Crippen LogP contribution is -2.26. The molecule has 0 aliphatic carbocycles. The molecule has 0 radical (unpaired) electrons. The molecule has 2 N–H and O–H groups in total. The predicted octanol–water partition coefficient (Wildman–Crippen LogP) is 3.24. The topological polar surface area (TPSA) is 42.1 Å². The van der Waals surface area contributed by atoms with Gasteiger partial charge >= 0.3 is 0 Å². The molecule has 0 spiro atoms. The van der Waals surface area contributed by atoms with Gasteiger partial charge in [-0.25, -0.2) is 0 Å². The van der Waals surface area contributed by atoms with Crippen molar-refractivity contribution in [3.63, 3.8) is 0 Å². The lowest BCUT2D eigenvalue weighted by molar-refractivity contribution is 0.752. The van der Waals surface area contributed by atoms with Gasteiger partial charge in [-0.2, -0.15) is 0 Å². The summed E-state index contributed by atoms with van der Waals surface area (Å²) in [6, 6.07) is 11.3. The molecule has 3 heteroatoms. The van der Waals surface area contributed by atoms with E-state index in [2.05, 4.69) is 47.1 Å². The first-order valence-corrected chi connectivity index (χ1v) is 7.16. The number of hydrogen-bond donors (Lipinski definition) is 1. The molecular formula is C17H21N3. The van der Waals surface area contributed by atoms with E-state index in [9.17, 15) is 0 Å². The number of nitrogens with two attached hydrogens (primary N) is 1. The van der Waals surface area contributed by atoms with Crippen LogP contribution < -0.4 is 10.6 Å². The SMILES string of the molecule is Cc1cc(N2c3ccccc3CC2C)c(CN)c(C)n1. The third-order valence-electron chi connectivity index (χ3n) is 4.11. The third kappa shape index (κ3) is 1.98. The number of aryl methyl sites for hydroxylation is 2. The van der Waals surface area contributed by atoms with E-state index in [4.69, 9.17) is 5.73 Å². The van der Waals surface area contributed by atoms with Crippen LogP contribution in [0.4, 0.5) is 11.4 Å². The minimum atomic E-state index is 0.457. The van der Waals surface area contributed by atoms with E-state index in [0.29, 0.717) is 12.6 Å². The Bertz CT molecular complexity index is 649. The van der Waals surface area contributed by atoms with Gasteiger partial charge in [0.25, 0.3) is 0 Å². The fourth-order valence-electron chi connectivity index (χ4n) is 3.23. The van der Waals surface area contributed by atoms with Crippen LogP contribution in [-0.4, -0.2) is 11.0 Å². The number of fused-ring (bicyclic) bond motifs is 1. The molecule has 2 heterocycles. The highest BCUT2D eigenvalue weighted by Gasteiger charge is 2.28. The van der Waals surface area contributed by atoms with Crippen LogP contribution in [0.15, 0.2) is 30.3 Å². The summed E-state index contributed by atoms with van der Waals surface area (Å²) in [7, 11) is 0. The molecule has 1 atom stereocenters. The van der Waals surface area contributed by atoms with Crippen molar-refractivity contribution < 1.29 is 0 Å². The van der Waals surface area contributed by atoms with Crippen LogP contribution in [0.5, 0.6) is 0 Å². The fourth-order valence-corrected chi connectivity index (χ4v) is 3.23. The second-order valence-corrected chi connectivity index (χ2v) is 5.60. The van der Waals surface area contributed by atoms with Gasteiger partial charge in [0.1, 0.15) is 0 Å². The second kappa shape index (κ2) is 4.91. The molecule has 0 bridgehead atoms. The number of nitrogens with zero attached hydrogens (tertiary/aromatic N) is 2. The molecular weight excluding hydrogens is 246 g/mol. The maximum absolute atomic E-state index is 5.97. The van der Waals surface area contributed by atoms with Gasteiger partial charge in [-0.3, -0.25) is 4.98 Å². The molecule has 0 fully saturated rings. The molecule has 20 heavy (non-hydrogen) atoms. The molecule has 0 saturated carbocycles. The van der Waals surface area contributed by atoms with Crippen molar-refractivity contribution in [2.75, 3.05) is 4.90 Å². The second-order valence-electron chi connectivity index (χ2n) is 5.60. The van der Waals surface area contributed by atoms with Gasteiger partial charge in [-0.05, 0) is 44.9 Å². The fraction of sp³-hybridized carbons (Fsp3) is 0.353. The maximum atomic E-state index is 5.97. The molecule has 1 aromatic carbocycles. The minimum Gasteiger partial charge on any atom is -0.338 e. The van der Waals surface area contributed by atoms with E-state index in [0.717, 1.165) is 23.4 Å². The normalized spacial score (nSPS) is 17.4. The van der Waals surface area contributed by atoms with Crippen LogP contribution in [-0.2, 0) is 13.0 Å². The molecule has 2 aromatic rings. The monoisotopic (exact) mass is 267 g/mol. The van der Waals surface area contributed by atoms with Gasteiger partial charge in [0.2, 0.25) is 0 Å². The van der Waals surface area contributed by atoms with Gasteiger partial charge < -0.3 is 10.6 Å². The van der Waals surface area contributed by atoms with Gasteiger partial charge in [-0.1, -0.05) is 18.2 Å². The third-order valence-corrected chi connectivity index (χ3v) is 4.11. The van der Waals surface area contributed by atoms with E-state index in [1.807, 2.05) is 13.8 Å². The van der Waals surface area contributed by atoms with Crippen LogP contribution in [0.1, 0.15) is 29.4 Å². The summed E-state index contributed by atoms with van der Waals surface area (Å²) < 4.78 is 0. The Morgan fingerprint density at radius 2 is 2.00 bits per heavy atom. The molecule has 1 aliphatic heterocycles. The lowest BCUT2D eigenvalue weighted by Gasteiger charge is -2.28. The molecule has 0 saturated heterocycles. The van der Waals surface area contributed by atoms with E-state index >= 15 is 0 Å². The number of para-hydroxylation sites is 1. The van der Waals surface area contributed by atoms with Crippen molar-refractivity contribution in [3.05, 3.63) is 52.8 Å². The van der Waals surface area contributed by atoms with Crippen molar-refractivity contribution in [2.45, 2.75) is 39.8 Å². The van der Waals surface area contributed by atoms with Crippen molar-refractivity contribution >= 4 is 11.4 Å². The Morgan fingerprint density at radius 1 is 1.25 bits per heavy atom. The minimum absolute atomic E-state index is 0.457. The first kappa shape index (κ1) is 13.1. The van der Waals surface area contributed by atoms with Crippen LogP contribution in [0.2, 0.25) is 0 Å². The summed E-state index contributed by atoms with van der Waals surface area (Å²) in [5, 5.41) is 0. The average molecular weight is 267 g/mol. The summed E-state index contributed by atoms with van der Waals surface area (Å²) in [5.74, 6) is 0. The van der Waals surface area contributed by atoms with Crippen molar-refractivity contribution in [2.24, 2.45) is 5.73 Å². The number of rotatable bonds is 2. The molecule has 1 aromatic heterocycles. The van der Waals surface area contributed by atoms with Gasteiger partial charge in [0.15, 0.2) is 0 Å². The summed E-state index contributed by atoms with van der Waals surface area (Å²) in [6.45, 7) is 6.89. The number of hydrogen-bond acceptors (Lipinski definition) is 3. The summed E-state index contributed by atoms with van der Waals surface area (Å²) >= 11 is 0. The predicted molar refractivity (Wildman–Crippen MR) is 83.3 cm³/mol. The lowest BCUT2D eigenvalue weighted by atomic mass is 10.1. The Labute approximate surface area is 120 Å². The maximum Gasteiger partial charge on any atom is 0.0495 e. The van der Waals surface area contributed by atoms with Gasteiger partial charge in [0.05, 0.1) is 0 Å². The van der Waals surface area contributed by atoms with Crippen molar-refractivity contribution in [1.82, 2.24) is 4.98 Å². The Morgan fingerprint density at radius 3 is 2.75 bits per heavy atom. The Kier molecular flexibility index (Phi) is 3.22. The van der Waals surface area contributed by atoms with Crippen molar-refractivity contribution in [3.8, 4) is 0 Å². The highest BCUT2D eigenvalue weighted by molar-refractivity contribution is 5.73. The van der Waals surface area contributed by atoms with E-state index in [1.165, 1.54) is 16.9 Å². The molecule has 0 amide bonds. The number of pyridine rings is 1. The van der Waals surface area contributed by atoms with Gasteiger partial charge in [-0.15, -0.1) is 0 Å². The summed E-state index contributed by atoms with van der Waals surface area (Å²) in [6.07, 6.45) is 1.08. The first-order chi connectivity index (χ1) is 9.61. The highest BCUT2D eigenvalue weighted by Crippen LogP contribution is 2.40. The summed E-state index contributed by atoms with van der Waals surface area (Å²) in [4.78, 5) is 6.97. The zero-order valence-corrected chi connectivity index (χ0v) is 12.4. The zero-order chi connectivity index (χ0) is 14.3. The van der Waals surface area contributed by atoms with E-state index < -0.39 is 0 Å². The zero-order valence-electron chi connectivity index (χ0n) is 12.4. The Hall–Kier alpha value is -1.87. The van der Waals surface area contributed by atoms with Crippen LogP contribution in [0.3, 0.4) is 0 Å². The standard InChI is InChI=1S/C17H21N3/c1-11-8-17(15(10-18)13(3)19-11)20-12(2)9-14-6-4-5-7-16(14)20/h4-8,12H,9-10,18H2,1-3H3. The van der Waals surface area contributed by atoms with Crippen LogP contribution >= 0.6 is 0 Å². The highest BCUT2D eigenvalue weighted by atomic mass is 15.2.